The van der Waals surface area contributed by atoms with Gasteiger partial charge in [-0.3, -0.25) is 9.69 Å². The molecule has 6 heteroatoms. The molecule has 3 aromatic carbocycles. The lowest BCUT2D eigenvalue weighted by Crippen LogP contribution is -2.28. The van der Waals surface area contributed by atoms with Crippen molar-refractivity contribution >= 4 is 11.9 Å². The van der Waals surface area contributed by atoms with Crippen molar-refractivity contribution in [2.24, 2.45) is 0 Å². The van der Waals surface area contributed by atoms with E-state index in [0.717, 1.165) is 56.3 Å². The third kappa shape index (κ3) is 10.4. The lowest BCUT2D eigenvalue weighted by Gasteiger charge is -2.27. The molecule has 2 N–H and O–H groups in total. The molecule has 0 saturated carbocycles. The van der Waals surface area contributed by atoms with Crippen molar-refractivity contribution in [3.05, 3.63) is 130 Å². The number of aryl methyl sites for hydroxylation is 2. The summed E-state index contributed by atoms with van der Waals surface area (Å²) >= 11 is 0. The van der Waals surface area contributed by atoms with Gasteiger partial charge in [-0.15, -0.1) is 0 Å². The zero-order chi connectivity index (χ0) is 29.6. The number of carbonyl (C=O) groups is 2. The first kappa shape index (κ1) is 30.9. The molecule has 220 valence electrons. The number of unbranched alkanes of at least 4 members (excludes halogenated alkanes) is 1. The fraction of sp³-hybridized carbons (Fsp3) is 0.333. The predicted molar refractivity (Wildman–Crippen MR) is 165 cm³/mol. The number of benzene rings is 3. The van der Waals surface area contributed by atoms with E-state index < -0.39 is 11.9 Å². The molecule has 0 radical (unpaired) electrons. The van der Waals surface area contributed by atoms with E-state index in [1.165, 1.54) is 16.7 Å². The maximum absolute atomic E-state index is 11.2. The Balaban J connectivity index is 1.29. The molecule has 0 heterocycles. The van der Waals surface area contributed by atoms with Gasteiger partial charge in [-0.05, 0) is 85.0 Å². The zero-order valence-electron chi connectivity index (χ0n) is 24.2. The molecule has 0 aliphatic heterocycles. The van der Waals surface area contributed by atoms with Gasteiger partial charge in [0.1, 0.15) is 0 Å². The zero-order valence-corrected chi connectivity index (χ0v) is 24.2. The molecular formula is C36H41NO5. The lowest BCUT2D eigenvalue weighted by molar-refractivity contribution is -0.137. The van der Waals surface area contributed by atoms with E-state index in [2.05, 4.69) is 71.7 Å². The highest BCUT2D eigenvalue weighted by Gasteiger charge is 2.18. The number of rotatable bonds is 17. The summed E-state index contributed by atoms with van der Waals surface area (Å²) in [6, 6.07) is 26.3. The first-order valence-electron chi connectivity index (χ1n) is 14.8. The van der Waals surface area contributed by atoms with Gasteiger partial charge >= 0.3 is 11.9 Å². The normalized spacial score (nSPS) is 14.6. The van der Waals surface area contributed by atoms with Crippen LogP contribution in [-0.2, 0) is 35.5 Å². The summed E-state index contributed by atoms with van der Waals surface area (Å²) in [5.74, 6) is -1.71. The number of carboxylic acid groups (broad SMARTS) is 2. The Kier molecular flexibility index (Phi) is 12.1. The van der Waals surface area contributed by atoms with Crippen LogP contribution >= 0.6 is 0 Å². The van der Waals surface area contributed by atoms with Crippen LogP contribution in [0.5, 0.6) is 0 Å². The summed E-state index contributed by atoms with van der Waals surface area (Å²) < 4.78 is 6.40. The molecule has 1 aliphatic carbocycles. The largest absolute Gasteiger partial charge is 0.481 e. The number of allylic oxidation sites excluding steroid dienone is 2. The van der Waals surface area contributed by atoms with Gasteiger partial charge in [-0.25, -0.2) is 4.79 Å². The minimum atomic E-state index is -0.936. The average Bonchev–Trinajstić information content (AvgIpc) is 3.01. The molecule has 0 spiro atoms. The van der Waals surface area contributed by atoms with Crippen molar-refractivity contribution in [2.75, 3.05) is 13.1 Å². The molecule has 1 aliphatic rings. The minimum Gasteiger partial charge on any atom is -0.481 e. The van der Waals surface area contributed by atoms with E-state index in [4.69, 9.17) is 9.84 Å². The van der Waals surface area contributed by atoms with Crippen molar-refractivity contribution < 1.29 is 24.5 Å². The third-order valence-electron chi connectivity index (χ3n) is 7.67. The predicted octanol–water partition coefficient (Wildman–Crippen LogP) is 7.09. The van der Waals surface area contributed by atoms with Gasteiger partial charge < -0.3 is 14.9 Å². The molecule has 0 saturated heterocycles. The van der Waals surface area contributed by atoms with Crippen molar-refractivity contribution in [1.29, 1.82) is 0 Å². The summed E-state index contributed by atoms with van der Waals surface area (Å²) in [5.41, 5.74) is 6.41. The van der Waals surface area contributed by atoms with E-state index in [1.807, 2.05) is 18.2 Å². The summed E-state index contributed by atoms with van der Waals surface area (Å²) in [6.45, 7) is 2.82. The lowest BCUT2D eigenvalue weighted by atomic mass is 9.98. The van der Waals surface area contributed by atoms with Crippen LogP contribution in [0.25, 0.3) is 0 Å². The molecule has 4 rings (SSSR count). The molecule has 3 aromatic rings. The molecule has 6 nitrogen and oxygen atoms in total. The monoisotopic (exact) mass is 567 g/mol. The van der Waals surface area contributed by atoms with Crippen LogP contribution in [0.4, 0.5) is 0 Å². The molecule has 0 amide bonds. The van der Waals surface area contributed by atoms with Crippen molar-refractivity contribution in [1.82, 2.24) is 4.90 Å². The number of ether oxygens (including phenoxy) is 1. The highest BCUT2D eigenvalue weighted by atomic mass is 16.5. The van der Waals surface area contributed by atoms with Gasteiger partial charge in [0.15, 0.2) is 0 Å². The van der Waals surface area contributed by atoms with Crippen LogP contribution in [0.3, 0.4) is 0 Å². The van der Waals surface area contributed by atoms with E-state index in [9.17, 15) is 14.7 Å². The maximum atomic E-state index is 11.2. The van der Waals surface area contributed by atoms with Crippen LogP contribution in [0, 0.1) is 0 Å². The van der Waals surface area contributed by atoms with Gasteiger partial charge in [0.25, 0.3) is 0 Å². The third-order valence-corrected chi connectivity index (χ3v) is 7.67. The Morgan fingerprint density at radius 2 is 1.43 bits per heavy atom. The van der Waals surface area contributed by atoms with Gasteiger partial charge in [-0.2, -0.15) is 0 Å². The van der Waals surface area contributed by atoms with Crippen molar-refractivity contribution in [3.63, 3.8) is 0 Å². The second-order valence-electron chi connectivity index (χ2n) is 10.9. The highest BCUT2D eigenvalue weighted by Crippen LogP contribution is 2.23. The number of aromatic carboxylic acids is 1. The number of aliphatic carboxylic acids is 1. The quantitative estimate of drug-likeness (QED) is 0.169. The summed E-state index contributed by atoms with van der Waals surface area (Å²) in [6.07, 6.45) is 11.8. The molecule has 42 heavy (non-hydrogen) atoms. The van der Waals surface area contributed by atoms with Crippen LogP contribution in [0.2, 0.25) is 0 Å². The van der Waals surface area contributed by atoms with E-state index in [1.54, 1.807) is 12.1 Å². The Hall–Kier alpha value is -4.00. The van der Waals surface area contributed by atoms with E-state index in [-0.39, 0.29) is 18.1 Å². The molecule has 0 aromatic heterocycles. The van der Waals surface area contributed by atoms with Gasteiger partial charge in [0, 0.05) is 19.5 Å². The standard InChI is InChI=1S/C36H41NO5/c38-35(39)12-6-7-24-37(26-30-19-21-33(22-20-30)36(40)41)25-23-32-10-4-5-11-34(32)42-27-31-17-15-29(16-18-31)14-13-28-8-2-1-3-9-28/h1-5,8-10,15-22,34H,6-7,11-14,23-27H2,(H,38,39)(H,40,41). The summed E-state index contributed by atoms with van der Waals surface area (Å²) in [5, 5.41) is 18.2. The second-order valence-corrected chi connectivity index (χ2v) is 10.9. The number of hydrogen-bond acceptors (Lipinski definition) is 4. The van der Waals surface area contributed by atoms with Crippen LogP contribution in [0.15, 0.2) is 103 Å². The summed E-state index contributed by atoms with van der Waals surface area (Å²) in [4.78, 5) is 24.5. The summed E-state index contributed by atoms with van der Waals surface area (Å²) in [7, 11) is 0. The van der Waals surface area contributed by atoms with E-state index >= 15 is 0 Å². The molecule has 1 atom stereocenters. The van der Waals surface area contributed by atoms with Crippen LogP contribution in [-0.4, -0.2) is 46.2 Å². The second kappa shape index (κ2) is 16.4. The molecule has 1 unspecified atom stereocenters. The minimum absolute atomic E-state index is 0.0245. The number of nitrogens with zero attached hydrogens (tertiary/aromatic N) is 1. The Bertz CT molecular complexity index is 1330. The van der Waals surface area contributed by atoms with Crippen LogP contribution in [0.1, 0.15) is 64.7 Å². The number of hydrogen-bond donors (Lipinski definition) is 2. The van der Waals surface area contributed by atoms with E-state index in [0.29, 0.717) is 19.6 Å². The fourth-order valence-corrected chi connectivity index (χ4v) is 5.18. The Labute approximate surface area is 249 Å². The van der Waals surface area contributed by atoms with Gasteiger partial charge in [0.05, 0.1) is 18.3 Å². The number of carboxylic acids is 2. The maximum Gasteiger partial charge on any atom is 0.335 e. The van der Waals surface area contributed by atoms with Crippen LogP contribution < -0.4 is 0 Å². The first-order chi connectivity index (χ1) is 20.5. The highest BCUT2D eigenvalue weighted by molar-refractivity contribution is 5.87. The topological polar surface area (TPSA) is 87.1 Å². The smallest absolute Gasteiger partial charge is 0.335 e. The van der Waals surface area contributed by atoms with Gasteiger partial charge in [-0.1, -0.05) is 85.0 Å². The molecular weight excluding hydrogens is 526 g/mol. The van der Waals surface area contributed by atoms with Crippen molar-refractivity contribution in [3.8, 4) is 0 Å². The molecule has 0 fully saturated rings. The first-order valence-corrected chi connectivity index (χ1v) is 14.8. The Morgan fingerprint density at radius 1 is 0.762 bits per heavy atom. The Morgan fingerprint density at radius 3 is 2.12 bits per heavy atom. The molecule has 0 bridgehead atoms. The van der Waals surface area contributed by atoms with Crippen molar-refractivity contribution in [2.45, 2.75) is 64.2 Å². The van der Waals surface area contributed by atoms with Gasteiger partial charge in [0.2, 0.25) is 0 Å². The average molecular weight is 568 g/mol. The fourth-order valence-electron chi connectivity index (χ4n) is 5.18. The SMILES string of the molecule is O=C(O)CCCCN(CCC1=CC=CCC1OCc1ccc(CCc2ccccc2)cc1)Cc1ccc(C(=O)O)cc1.